The first-order valence-corrected chi connectivity index (χ1v) is 29.2. The lowest BCUT2D eigenvalue weighted by molar-refractivity contribution is 1.18. The third-order valence-electron chi connectivity index (χ3n) is 16.0. The van der Waals surface area contributed by atoms with Crippen molar-refractivity contribution >= 4 is 78.5 Å². The van der Waals surface area contributed by atoms with Crippen LogP contribution >= 0.6 is 0 Å². The molecular formula is C76H54N2Si. The number of benzene rings is 13. The molecule has 0 radical (unpaired) electrons. The van der Waals surface area contributed by atoms with E-state index in [9.17, 15) is 0 Å². The molecule has 14 rings (SSSR count). The molecule has 0 aliphatic heterocycles. The topological polar surface area (TPSA) is 8.17 Å². The monoisotopic (exact) mass is 1020 g/mol. The zero-order valence-corrected chi connectivity index (χ0v) is 44.6. The van der Waals surface area contributed by atoms with E-state index >= 15 is 0 Å². The molecule has 0 fully saturated rings. The van der Waals surface area contributed by atoms with E-state index in [4.69, 9.17) is 0 Å². The summed E-state index contributed by atoms with van der Waals surface area (Å²) >= 11 is 0. The van der Waals surface area contributed by atoms with E-state index in [0.29, 0.717) is 0 Å². The molecule has 0 N–H and O–H groups in total. The van der Waals surface area contributed by atoms with Crippen molar-refractivity contribution in [1.29, 1.82) is 0 Å². The Kier molecular flexibility index (Phi) is 12.3. The van der Waals surface area contributed by atoms with Crippen LogP contribution in [0, 0.1) is 0 Å². The molecule has 372 valence electrons. The van der Waals surface area contributed by atoms with Gasteiger partial charge in [0, 0.05) is 33.5 Å². The summed E-state index contributed by atoms with van der Waals surface area (Å²) in [4.78, 5) is 2.40. The van der Waals surface area contributed by atoms with Gasteiger partial charge in [0.2, 0.25) is 0 Å². The van der Waals surface area contributed by atoms with Gasteiger partial charge in [0.15, 0.2) is 8.07 Å². The summed E-state index contributed by atoms with van der Waals surface area (Å²) in [6.07, 6.45) is 0. The highest BCUT2D eigenvalue weighted by Crippen LogP contribution is 2.41. The molecular weight excluding hydrogens is 969 g/mol. The van der Waals surface area contributed by atoms with Crippen LogP contribution in [0.4, 0.5) is 17.1 Å². The predicted octanol–water partition coefficient (Wildman–Crippen LogP) is 17.5. The third kappa shape index (κ3) is 8.54. The van der Waals surface area contributed by atoms with Crippen molar-refractivity contribution in [3.8, 4) is 50.2 Å². The molecule has 0 aliphatic carbocycles. The molecule has 0 bridgehead atoms. The van der Waals surface area contributed by atoms with Crippen LogP contribution in [0.2, 0.25) is 0 Å². The second-order valence-electron chi connectivity index (χ2n) is 20.4. The van der Waals surface area contributed by atoms with Crippen molar-refractivity contribution in [3.63, 3.8) is 0 Å². The highest BCUT2D eigenvalue weighted by Gasteiger charge is 2.41. The first-order valence-electron chi connectivity index (χ1n) is 27.2. The number of para-hydroxylation sites is 2. The van der Waals surface area contributed by atoms with Gasteiger partial charge in [-0.05, 0) is 143 Å². The van der Waals surface area contributed by atoms with Crippen molar-refractivity contribution in [2.24, 2.45) is 0 Å². The molecule has 0 aliphatic rings. The lowest BCUT2D eigenvalue weighted by atomic mass is 9.95. The van der Waals surface area contributed by atoms with Crippen molar-refractivity contribution in [2.75, 3.05) is 4.90 Å². The van der Waals surface area contributed by atoms with E-state index in [1.807, 2.05) is 0 Å². The Labute approximate surface area is 463 Å². The van der Waals surface area contributed by atoms with Crippen LogP contribution in [-0.4, -0.2) is 12.6 Å². The standard InChI is InChI=1S/C76H54N2Si/c1-5-24-62(25-6-1)78-74-36-16-15-33-73(74)76-72(35-19-37-75(76)78)59-40-38-55(39-41-59)56-42-46-63(47-43-56)77(64-48-44-57(45-49-64)60-22-17-23-61(54-60)71-34-18-21-58-20-13-14-32-70(58)71)65-50-52-69(53-51-65)79(66-26-7-2-8-27-66,67-28-9-3-10-29-67)68-30-11-4-12-31-68/h1-54H. The molecule has 79 heavy (non-hydrogen) atoms. The highest BCUT2D eigenvalue weighted by atomic mass is 28.3. The van der Waals surface area contributed by atoms with Crippen molar-refractivity contribution in [3.05, 3.63) is 328 Å². The van der Waals surface area contributed by atoms with Gasteiger partial charge in [-0.3, -0.25) is 0 Å². The Morgan fingerprint density at radius 1 is 0.253 bits per heavy atom. The molecule has 0 saturated heterocycles. The molecule has 2 nitrogen and oxygen atoms in total. The lowest BCUT2D eigenvalue weighted by Crippen LogP contribution is -2.74. The average molecular weight is 1020 g/mol. The van der Waals surface area contributed by atoms with Crippen LogP contribution in [0.25, 0.3) is 82.8 Å². The molecule has 0 unspecified atom stereocenters. The number of hydrogen-bond acceptors (Lipinski definition) is 1. The van der Waals surface area contributed by atoms with Crippen LogP contribution in [-0.2, 0) is 0 Å². The van der Waals surface area contributed by atoms with Gasteiger partial charge in [0.25, 0.3) is 0 Å². The second kappa shape index (κ2) is 20.5. The fourth-order valence-electron chi connectivity index (χ4n) is 12.3. The Balaban J connectivity index is 0.842. The lowest BCUT2D eigenvalue weighted by Gasteiger charge is -2.35. The molecule has 0 amide bonds. The summed E-state index contributed by atoms with van der Waals surface area (Å²) in [7, 11) is -2.74. The molecule has 14 aromatic rings. The molecule has 0 spiro atoms. The summed E-state index contributed by atoms with van der Waals surface area (Å²) in [5.74, 6) is 0. The van der Waals surface area contributed by atoms with Gasteiger partial charge < -0.3 is 9.47 Å². The van der Waals surface area contributed by atoms with Gasteiger partial charge in [-0.15, -0.1) is 0 Å². The van der Waals surface area contributed by atoms with Gasteiger partial charge in [0.05, 0.1) is 11.0 Å². The zero-order chi connectivity index (χ0) is 52.5. The minimum Gasteiger partial charge on any atom is -0.311 e. The van der Waals surface area contributed by atoms with Crippen LogP contribution in [0.3, 0.4) is 0 Å². The van der Waals surface area contributed by atoms with Gasteiger partial charge in [0.1, 0.15) is 0 Å². The van der Waals surface area contributed by atoms with E-state index < -0.39 is 8.07 Å². The maximum absolute atomic E-state index is 2.74. The number of rotatable bonds is 12. The van der Waals surface area contributed by atoms with Gasteiger partial charge in [-0.1, -0.05) is 261 Å². The number of nitrogens with zero attached hydrogens (tertiary/aromatic N) is 2. The number of hydrogen-bond donors (Lipinski definition) is 0. The van der Waals surface area contributed by atoms with Crippen LogP contribution in [0.15, 0.2) is 328 Å². The largest absolute Gasteiger partial charge is 0.311 e. The Morgan fingerprint density at radius 2 is 0.658 bits per heavy atom. The van der Waals surface area contributed by atoms with Gasteiger partial charge in [-0.25, -0.2) is 0 Å². The van der Waals surface area contributed by atoms with Gasteiger partial charge >= 0.3 is 0 Å². The molecule has 0 saturated carbocycles. The second-order valence-corrected chi connectivity index (χ2v) is 24.2. The van der Waals surface area contributed by atoms with Crippen LogP contribution in [0.1, 0.15) is 0 Å². The van der Waals surface area contributed by atoms with E-state index in [0.717, 1.165) is 28.3 Å². The van der Waals surface area contributed by atoms with Crippen molar-refractivity contribution in [1.82, 2.24) is 4.57 Å². The smallest absolute Gasteiger partial charge is 0.179 e. The quantitative estimate of drug-likeness (QED) is 0.0875. The molecule has 0 atom stereocenters. The summed E-state index contributed by atoms with van der Waals surface area (Å²) in [5, 5.41) is 10.4. The first-order chi connectivity index (χ1) is 39.2. The fraction of sp³-hybridized carbons (Fsp3) is 0. The molecule has 1 heterocycles. The third-order valence-corrected chi connectivity index (χ3v) is 20.8. The predicted molar refractivity (Wildman–Crippen MR) is 338 cm³/mol. The normalized spacial score (nSPS) is 11.5. The number of aromatic nitrogens is 1. The van der Waals surface area contributed by atoms with Crippen LogP contribution in [0.5, 0.6) is 0 Å². The fourth-order valence-corrected chi connectivity index (χ4v) is 17.0. The summed E-state index contributed by atoms with van der Waals surface area (Å²) in [6.45, 7) is 0. The maximum atomic E-state index is 2.40. The summed E-state index contributed by atoms with van der Waals surface area (Å²) in [5.41, 5.74) is 16.4. The number of anilines is 3. The Morgan fingerprint density at radius 3 is 1.27 bits per heavy atom. The Hall–Kier alpha value is -10.1. The highest BCUT2D eigenvalue weighted by molar-refractivity contribution is 7.19. The number of fused-ring (bicyclic) bond motifs is 4. The van der Waals surface area contributed by atoms with E-state index in [2.05, 4.69) is 337 Å². The van der Waals surface area contributed by atoms with Gasteiger partial charge in [-0.2, -0.15) is 0 Å². The average Bonchev–Trinajstić information content (AvgIpc) is 4.13. The minimum absolute atomic E-state index is 1.08. The molecule has 3 heteroatoms. The van der Waals surface area contributed by atoms with E-state index in [1.54, 1.807) is 0 Å². The first kappa shape index (κ1) is 47.4. The zero-order valence-electron chi connectivity index (χ0n) is 43.6. The molecule has 13 aromatic carbocycles. The maximum Gasteiger partial charge on any atom is 0.179 e. The van der Waals surface area contributed by atoms with E-state index in [-0.39, 0.29) is 0 Å². The van der Waals surface area contributed by atoms with Crippen molar-refractivity contribution < 1.29 is 0 Å². The molecule has 1 aromatic heterocycles. The summed E-state index contributed by atoms with van der Waals surface area (Å²) in [6, 6.07) is 121. The minimum atomic E-state index is -2.74. The van der Waals surface area contributed by atoms with Crippen molar-refractivity contribution in [2.45, 2.75) is 0 Å². The van der Waals surface area contributed by atoms with E-state index in [1.165, 1.54) is 92.3 Å². The van der Waals surface area contributed by atoms with Crippen LogP contribution < -0.4 is 25.6 Å². The SMILES string of the molecule is c1ccc(-n2c3ccccc3c3c(-c4ccc(-c5ccc(N(c6ccc(-c7cccc(-c8cccc9ccccc89)c7)cc6)c6ccc([Si](c7ccccc7)(c7ccccc7)c7ccccc7)cc6)cc5)cc4)cccc32)cc1. The summed E-state index contributed by atoms with van der Waals surface area (Å²) < 4.78 is 2.39. The Bertz CT molecular complexity index is 4320.